The zero-order valence-corrected chi connectivity index (χ0v) is 12.1. The Balaban J connectivity index is 2.54. The van der Waals surface area contributed by atoms with Gasteiger partial charge in [0.2, 0.25) is 0 Å². The molecule has 2 atom stereocenters. The summed E-state index contributed by atoms with van der Waals surface area (Å²) in [4.78, 5) is 12.9. The van der Waals surface area contributed by atoms with Crippen LogP contribution in [0, 0.1) is 22.7 Å². The van der Waals surface area contributed by atoms with Crippen molar-refractivity contribution in [2.24, 2.45) is 11.3 Å². The van der Waals surface area contributed by atoms with Crippen LogP contribution >= 0.6 is 0 Å². The van der Waals surface area contributed by atoms with Gasteiger partial charge in [0.25, 0.3) is 0 Å². The van der Waals surface area contributed by atoms with Crippen molar-refractivity contribution in [1.82, 2.24) is 10.2 Å². The van der Waals surface area contributed by atoms with Gasteiger partial charge in [0.05, 0.1) is 12.6 Å². The molecule has 1 aliphatic heterocycles. The number of carboxylic acid groups (broad SMARTS) is 1. The molecule has 19 heavy (non-hydrogen) atoms. The molecule has 2 unspecified atom stereocenters. The van der Waals surface area contributed by atoms with Gasteiger partial charge in [-0.2, -0.15) is 5.26 Å². The Morgan fingerprint density at radius 2 is 2.16 bits per heavy atom. The van der Waals surface area contributed by atoms with Crippen molar-refractivity contribution in [3.05, 3.63) is 0 Å². The van der Waals surface area contributed by atoms with Crippen LogP contribution in [0.4, 0.5) is 0 Å². The highest BCUT2D eigenvalue weighted by Gasteiger charge is 2.28. The van der Waals surface area contributed by atoms with Gasteiger partial charge >= 0.3 is 5.97 Å². The second-order valence-electron chi connectivity index (χ2n) is 6.69. The number of carboxylic acids is 1. The molecule has 5 heteroatoms. The first-order valence-electron chi connectivity index (χ1n) is 6.84. The number of likely N-dealkylation sites (tertiary alicyclic amines) is 1. The molecule has 5 nitrogen and oxygen atoms in total. The molecule has 0 saturated carbocycles. The second kappa shape index (κ2) is 6.88. The summed E-state index contributed by atoms with van der Waals surface area (Å²) < 4.78 is 0. The van der Waals surface area contributed by atoms with E-state index in [2.05, 4.69) is 37.1 Å². The molecule has 0 aromatic heterocycles. The summed E-state index contributed by atoms with van der Waals surface area (Å²) in [5, 5.41) is 21.2. The number of hydrogen-bond donors (Lipinski definition) is 2. The topological polar surface area (TPSA) is 76.4 Å². The Bertz CT molecular complexity index is 344. The first-order chi connectivity index (χ1) is 8.80. The van der Waals surface area contributed by atoms with E-state index in [0.29, 0.717) is 13.1 Å². The summed E-state index contributed by atoms with van der Waals surface area (Å²) in [6.07, 6.45) is 1.07. The average molecular weight is 267 g/mol. The van der Waals surface area contributed by atoms with Crippen LogP contribution in [0.5, 0.6) is 0 Å². The lowest BCUT2D eigenvalue weighted by atomic mass is 9.90. The molecule has 0 aromatic carbocycles. The number of aliphatic carboxylic acids is 1. The van der Waals surface area contributed by atoms with Gasteiger partial charge in [-0.3, -0.25) is 9.69 Å². The minimum atomic E-state index is -0.752. The van der Waals surface area contributed by atoms with Gasteiger partial charge in [0, 0.05) is 32.1 Å². The van der Waals surface area contributed by atoms with Gasteiger partial charge in [-0.25, -0.2) is 0 Å². The van der Waals surface area contributed by atoms with Crippen molar-refractivity contribution in [1.29, 1.82) is 5.26 Å². The Hall–Kier alpha value is -1.12. The second-order valence-corrected chi connectivity index (χ2v) is 6.69. The van der Waals surface area contributed by atoms with Crippen LogP contribution in [0.1, 0.15) is 33.6 Å². The van der Waals surface area contributed by atoms with Gasteiger partial charge in [-0.15, -0.1) is 0 Å². The zero-order chi connectivity index (χ0) is 14.5. The summed E-state index contributed by atoms with van der Waals surface area (Å²) in [5.41, 5.74) is 0.208. The minimum absolute atomic E-state index is 0.136. The van der Waals surface area contributed by atoms with E-state index < -0.39 is 5.97 Å². The van der Waals surface area contributed by atoms with Crippen molar-refractivity contribution >= 4 is 5.97 Å². The fourth-order valence-corrected chi connectivity index (χ4v) is 2.53. The minimum Gasteiger partial charge on any atom is -0.481 e. The highest BCUT2D eigenvalue weighted by Crippen LogP contribution is 2.21. The Morgan fingerprint density at radius 3 is 2.68 bits per heavy atom. The van der Waals surface area contributed by atoms with E-state index in [9.17, 15) is 4.79 Å². The van der Waals surface area contributed by atoms with Crippen LogP contribution in [-0.2, 0) is 4.79 Å². The number of piperidine rings is 1. The Kier molecular flexibility index (Phi) is 5.77. The molecule has 1 aliphatic rings. The first kappa shape index (κ1) is 15.9. The predicted molar refractivity (Wildman–Crippen MR) is 73.7 cm³/mol. The lowest BCUT2D eigenvalue weighted by Crippen LogP contribution is -2.51. The SMILES string of the molecule is CC(C)(C)CNC1CC(CC(=O)O)CN(CC#N)C1. The van der Waals surface area contributed by atoms with E-state index in [4.69, 9.17) is 10.4 Å². The Labute approximate surface area is 115 Å². The van der Waals surface area contributed by atoms with Crippen molar-refractivity contribution < 1.29 is 9.90 Å². The highest BCUT2D eigenvalue weighted by atomic mass is 16.4. The van der Waals surface area contributed by atoms with Gasteiger partial charge in [-0.05, 0) is 17.8 Å². The number of nitrogens with zero attached hydrogens (tertiary/aromatic N) is 2. The zero-order valence-electron chi connectivity index (χ0n) is 12.1. The number of nitriles is 1. The van der Waals surface area contributed by atoms with Crippen molar-refractivity contribution in [2.75, 3.05) is 26.2 Å². The first-order valence-corrected chi connectivity index (χ1v) is 6.84. The van der Waals surface area contributed by atoms with Gasteiger partial charge in [-0.1, -0.05) is 20.8 Å². The molecule has 1 fully saturated rings. The van der Waals surface area contributed by atoms with Crippen LogP contribution in [0.15, 0.2) is 0 Å². The summed E-state index contributed by atoms with van der Waals surface area (Å²) >= 11 is 0. The molecule has 0 amide bonds. The maximum atomic E-state index is 10.9. The number of carbonyl (C=O) groups is 1. The normalized spacial score (nSPS) is 24.9. The predicted octanol–water partition coefficient (Wildman–Crippen LogP) is 1.31. The quantitative estimate of drug-likeness (QED) is 0.735. The van der Waals surface area contributed by atoms with Crippen LogP contribution in [0.25, 0.3) is 0 Å². The summed E-state index contributed by atoms with van der Waals surface area (Å²) in [6.45, 7) is 9.34. The molecule has 0 aliphatic carbocycles. The third-order valence-electron chi connectivity index (χ3n) is 3.29. The Morgan fingerprint density at radius 1 is 1.47 bits per heavy atom. The molecule has 0 bridgehead atoms. The van der Waals surface area contributed by atoms with Gasteiger partial charge in [0.15, 0.2) is 0 Å². The molecule has 1 heterocycles. The number of nitrogens with one attached hydrogen (secondary N) is 1. The van der Waals surface area contributed by atoms with E-state index in [0.717, 1.165) is 19.5 Å². The molecule has 0 radical (unpaired) electrons. The molecule has 1 saturated heterocycles. The van der Waals surface area contributed by atoms with E-state index in [1.54, 1.807) is 0 Å². The molecule has 1 rings (SSSR count). The highest BCUT2D eigenvalue weighted by molar-refractivity contribution is 5.67. The third-order valence-corrected chi connectivity index (χ3v) is 3.29. The van der Waals surface area contributed by atoms with Crippen LogP contribution in [0.2, 0.25) is 0 Å². The maximum absolute atomic E-state index is 10.9. The van der Waals surface area contributed by atoms with E-state index in [-0.39, 0.29) is 23.8 Å². The molecule has 0 spiro atoms. The standard InChI is InChI=1S/C14H25N3O2/c1-14(2,3)10-16-12-6-11(7-13(18)19)8-17(9-12)5-4-15/h11-12,16H,5-10H2,1-3H3,(H,18,19). The van der Waals surface area contributed by atoms with E-state index >= 15 is 0 Å². The van der Waals surface area contributed by atoms with E-state index in [1.165, 1.54) is 0 Å². The fraction of sp³-hybridized carbons (Fsp3) is 0.857. The largest absolute Gasteiger partial charge is 0.481 e. The van der Waals surface area contributed by atoms with Crippen LogP contribution in [0.3, 0.4) is 0 Å². The van der Waals surface area contributed by atoms with Gasteiger partial charge in [0.1, 0.15) is 0 Å². The molecular weight excluding hydrogens is 242 g/mol. The fourth-order valence-electron chi connectivity index (χ4n) is 2.53. The van der Waals surface area contributed by atoms with E-state index in [1.807, 2.05) is 0 Å². The molecule has 2 N–H and O–H groups in total. The lowest BCUT2D eigenvalue weighted by Gasteiger charge is -2.37. The molecular formula is C14H25N3O2. The number of hydrogen-bond acceptors (Lipinski definition) is 4. The van der Waals surface area contributed by atoms with Gasteiger partial charge < -0.3 is 10.4 Å². The van der Waals surface area contributed by atoms with Crippen molar-refractivity contribution in [3.8, 4) is 6.07 Å². The maximum Gasteiger partial charge on any atom is 0.303 e. The number of rotatable bonds is 5. The van der Waals surface area contributed by atoms with Crippen LogP contribution in [-0.4, -0.2) is 48.2 Å². The molecule has 0 aromatic rings. The monoisotopic (exact) mass is 267 g/mol. The average Bonchev–Trinajstić information content (AvgIpc) is 2.24. The third kappa shape index (κ3) is 6.55. The summed E-state index contributed by atoms with van der Waals surface area (Å²) in [5.74, 6) is -0.615. The summed E-state index contributed by atoms with van der Waals surface area (Å²) in [6, 6.07) is 2.44. The summed E-state index contributed by atoms with van der Waals surface area (Å²) in [7, 11) is 0. The lowest BCUT2D eigenvalue weighted by molar-refractivity contribution is -0.138. The van der Waals surface area contributed by atoms with Crippen LogP contribution < -0.4 is 5.32 Å². The van der Waals surface area contributed by atoms with Crippen molar-refractivity contribution in [2.45, 2.75) is 39.7 Å². The smallest absolute Gasteiger partial charge is 0.303 e. The molecule has 108 valence electrons. The van der Waals surface area contributed by atoms with Crippen molar-refractivity contribution in [3.63, 3.8) is 0 Å².